The van der Waals surface area contributed by atoms with Crippen LogP contribution in [-0.2, 0) is 0 Å². The number of aromatic nitrogens is 2. The van der Waals surface area contributed by atoms with Gasteiger partial charge in [0.25, 0.3) is 0 Å². The second kappa shape index (κ2) is 9.42. The largest absolute Gasteiger partial charge is 0.265 e. The third kappa shape index (κ3) is 3.84. The molecule has 178 valence electrons. The molecule has 2 heteroatoms. The lowest BCUT2D eigenvalue weighted by atomic mass is 9.84. The maximum atomic E-state index is 4.31. The first-order chi connectivity index (χ1) is 18.9. The Bertz CT molecular complexity index is 1740. The van der Waals surface area contributed by atoms with Crippen LogP contribution in [0.5, 0.6) is 0 Å². The average Bonchev–Trinajstić information content (AvgIpc) is 3.01. The van der Waals surface area contributed by atoms with E-state index in [0.29, 0.717) is 0 Å². The Labute approximate surface area is 221 Å². The average molecular weight is 485 g/mol. The summed E-state index contributed by atoms with van der Waals surface area (Å²) < 4.78 is 0. The van der Waals surface area contributed by atoms with Gasteiger partial charge in [0.05, 0.1) is 0 Å². The lowest BCUT2D eigenvalue weighted by Crippen LogP contribution is -1.93. The predicted octanol–water partition coefficient (Wildman–Crippen LogP) is 9.45. The van der Waals surface area contributed by atoms with Crippen molar-refractivity contribution in [1.82, 2.24) is 9.97 Å². The highest BCUT2D eigenvalue weighted by molar-refractivity contribution is 6.22. The molecule has 0 saturated carbocycles. The van der Waals surface area contributed by atoms with Crippen molar-refractivity contribution in [3.63, 3.8) is 0 Å². The first kappa shape index (κ1) is 22.1. The van der Waals surface area contributed by atoms with Crippen LogP contribution in [0.2, 0.25) is 0 Å². The van der Waals surface area contributed by atoms with Gasteiger partial charge in [0.15, 0.2) is 0 Å². The molecule has 7 aromatic rings. The van der Waals surface area contributed by atoms with Gasteiger partial charge in [0.2, 0.25) is 0 Å². The molecule has 0 unspecified atom stereocenters. The van der Waals surface area contributed by atoms with Gasteiger partial charge in [-0.15, -0.1) is 0 Å². The molecule has 7 rings (SSSR count). The smallest absolute Gasteiger partial charge is 0.0273 e. The molecule has 0 spiro atoms. The molecule has 0 fully saturated rings. The summed E-state index contributed by atoms with van der Waals surface area (Å²) >= 11 is 0. The summed E-state index contributed by atoms with van der Waals surface area (Å²) in [6, 6.07) is 43.4. The number of benzene rings is 5. The van der Waals surface area contributed by atoms with Gasteiger partial charge >= 0.3 is 0 Å². The maximum Gasteiger partial charge on any atom is 0.0273 e. The molecule has 0 atom stereocenters. The fourth-order valence-electron chi connectivity index (χ4n) is 5.51. The lowest BCUT2D eigenvalue weighted by Gasteiger charge is -2.19. The molecular weight excluding hydrogens is 460 g/mol. The molecule has 0 saturated heterocycles. The van der Waals surface area contributed by atoms with Crippen LogP contribution in [0, 0.1) is 0 Å². The van der Waals surface area contributed by atoms with Crippen LogP contribution < -0.4 is 0 Å². The summed E-state index contributed by atoms with van der Waals surface area (Å²) in [5.41, 5.74) is 9.60. The Balaban J connectivity index is 1.64. The summed E-state index contributed by atoms with van der Waals surface area (Å²) in [4.78, 5) is 8.62. The van der Waals surface area contributed by atoms with Gasteiger partial charge in [-0.25, -0.2) is 0 Å². The molecule has 0 aliphatic carbocycles. The molecule has 0 N–H and O–H groups in total. The van der Waals surface area contributed by atoms with Gasteiger partial charge < -0.3 is 0 Å². The zero-order valence-corrected chi connectivity index (χ0v) is 20.8. The molecule has 0 aliphatic rings. The quantitative estimate of drug-likeness (QED) is 0.233. The van der Waals surface area contributed by atoms with E-state index in [1.54, 1.807) is 0 Å². The van der Waals surface area contributed by atoms with Gasteiger partial charge in [-0.3, -0.25) is 9.97 Å². The summed E-state index contributed by atoms with van der Waals surface area (Å²) in [5.74, 6) is 0. The molecule has 2 nitrogen and oxygen atoms in total. The van der Waals surface area contributed by atoms with Crippen molar-refractivity contribution in [2.45, 2.75) is 0 Å². The fraction of sp³-hybridized carbons (Fsp3) is 0. The van der Waals surface area contributed by atoms with Gasteiger partial charge in [0, 0.05) is 24.8 Å². The van der Waals surface area contributed by atoms with Crippen molar-refractivity contribution < 1.29 is 0 Å². The van der Waals surface area contributed by atoms with E-state index in [1.807, 2.05) is 24.8 Å². The zero-order valence-electron chi connectivity index (χ0n) is 20.8. The van der Waals surface area contributed by atoms with Gasteiger partial charge in [-0.1, -0.05) is 84.9 Å². The summed E-state index contributed by atoms with van der Waals surface area (Å²) in [6.07, 6.45) is 7.51. The van der Waals surface area contributed by atoms with Gasteiger partial charge in [-0.05, 0) is 102 Å². The number of fused-ring (bicyclic) bond motifs is 2. The number of hydrogen-bond acceptors (Lipinski definition) is 2. The monoisotopic (exact) mass is 484 g/mol. The SMILES string of the molecule is c1ccc(-c2ccc3c(-c4ccncc4)c4cc(-c5ccccc5)ccc4c(-c4ccncc4)c3c2)cc1. The minimum atomic E-state index is 1.16. The Morgan fingerprint density at radius 1 is 0.289 bits per heavy atom. The standard InChI is InChI=1S/C36H24N2/c1-3-7-25(8-4-1)29-11-13-31-33(23-29)35(27-15-19-37-20-16-27)32-14-12-30(26-9-5-2-6-10-26)24-34(32)36(31)28-17-21-38-22-18-28/h1-24H. The number of hydrogen-bond donors (Lipinski definition) is 0. The summed E-state index contributed by atoms with van der Waals surface area (Å²) in [5, 5.41) is 4.90. The van der Waals surface area contributed by atoms with E-state index >= 15 is 0 Å². The molecule has 38 heavy (non-hydrogen) atoms. The van der Waals surface area contributed by atoms with E-state index in [2.05, 4.69) is 131 Å². The second-order valence-corrected chi connectivity index (χ2v) is 9.47. The van der Waals surface area contributed by atoms with Crippen LogP contribution in [0.15, 0.2) is 146 Å². The van der Waals surface area contributed by atoms with Crippen LogP contribution in [0.3, 0.4) is 0 Å². The van der Waals surface area contributed by atoms with E-state index in [4.69, 9.17) is 0 Å². The molecule has 2 aromatic heterocycles. The third-order valence-electron chi connectivity index (χ3n) is 7.27. The highest BCUT2D eigenvalue weighted by Gasteiger charge is 2.18. The van der Waals surface area contributed by atoms with Crippen molar-refractivity contribution in [2.24, 2.45) is 0 Å². The first-order valence-corrected chi connectivity index (χ1v) is 12.8. The van der Waals surface area contributed by atoms with E-state index in [0.717, 1.165) is 11.1 Å². The molecule has 0 amide bonds. The summed E-state index contributed by atoms with van der Waals surface area (Å²) in [6.45, 7) is 0. The van der Waals surface area contributed by atoms with Gasteiger partial charge in [0.1, 0.15) is 0 Å². The lowest BCUT2D eigenvalue weighted by molar-refractivity contribution is 1.33. The van der Waals surface area contributed by atoms with Crippen molar-refractivity contribution in [3.05, 3.63) is 146 Å². The van der Waals surface area contributed by atoms with E-state index in [1.165, 1.54) is 54.9 Å². The van der Waals surface area contributed by atoms with Crippen molar-refractivity contribution in [3.8, 4) is 44.5 Å². The second-order valence-electron chi connectivity index (χ2n) is 9.47. The fourth-order valence-corrected chi connectivity index (χ4v) is 5.51. The van der Waals surface area contributed by atoms with E-state index in [-0.39, 0.29) is 0 Å². The molecule has 0 radical (unpaired) electrons. The maximum absolute atomic E-state index is 4.31. The Morgan fingerprint density at radius 2 is 0.684 bits per heavy atom. The molecular formula is C36H24N2. The van der Waals surface area contributed by atoms with E-state index < -0.39 is 0 Å². The summed E-state index contributed by atoms with van der Waals surface area (Å²) in [7, 11) is 0. The van der Waals surface area contributed by atoms with Crippen LogP contribution >= 0.6 is 0 Å². The third-order valence-corrected chi connectivity index (χ3v) is 7.27. The minimum Gasteiger partial charge on any atom is -0.265 e. The number of nitrogens with zero attached hydrogens (tertiary/aromatic N) is 2. The van der Waals surface area contributed by atoms with Crippen molar-refractivity contribution >= 4 is 21.5 Å². The van der Waals surface area contributed by atoms with Crippen molar-refractivity contribution in [1.29, 1.82) is 0 Å². The first-order valence-electron chi connectivity index (χ1n) is 12.8. The molecule has 2 heterocycles. The zero-order chi connectivity index (χ0) is 25.3. The Hall–Kier alpha value is -5.08. The molecule has 0 aliphatic heterocycles. The number of rotatable bonds is 4. The van der Waals surface area contributed by atoms with E-state index in [9.17, 15) is 0 Å². The predicted molar refractivity (Wildman–Crippen MR) is 159 cm³/mol. The van der Waals surface area contributed by atoms with Crippen LogP contribution in [0.1, 0.15) is 0 Å². The molecule has 5 aromatic carbocycles. The Morgan fingerprint density at radius 3 is 1.08 bits per heavy atom. The highest BCUT2D eigenvalue weighted by Crippen LogP contribution is 2.45. The van der Waals surface area contributed by atoms with Crippen molar-refractivity contribution in [2.75, 3.05) is 0 Å². The normalized spacial score (nSPS) is 11.2. The minimum absolute atomic E-state index is 1.16. The Kier molecular flexibility index (Phi) is 5.49. The van der Waals surface area contributed by atoms with Crippen LogP contribution in [0.4, 0.5) is 0 Å². The molecule has 0 bridgehead atoms. The van der Waals surface area contributed by atoms with Crippen LogP contribution in [0.25, 0.3) is 66.1 Å². The van der Waals surface area contributed by atoms with Gasteiger partial charge in [-0.2, -0.15) is 0 Å². The number of pyridine rings is 2. The van der Waals surface area contributed by atoms with Crippen LogP contribution in [-0.4, -0.2) is 9.97 Å². The topological polar surface area (TPSA) is 25.8 Å². The highest BCUT2D eigenvalue weighted by atomic mass is 14.6.